The van der Waals surface area contributed by atoms with E-state index in [0.29, 0.717) is 11.3 Å². The van der Waals surface area contributed by atoms with Crippen LogP contribution < -0.4 is 11.5 Å². The molecule has 0 saturated heterocycles. The highest BCUT2D eigenvalue weighted by Gasteiger charge is 2.06. The summed E-state index contributed by atoms with van der Waals surface area (Å²) in [6.07, 6.45) is 0.851. The number of rotatable bonds is 2. The summed E-state index contributed by atoms with van der Waals surface area (Å²) in [5.41, 5.74) is 13.5. The predicted molar refractivity (Wildman–Crippen MR) is 64.2 cm³/mol. The lowest BCUT2D eigenvalue weighted by atomic mass is 10.00. The zero-order chi connectivity index (χ0) is 11.5. The van der Waals surface area contributed by atoms with E-state index in [1.54, 1.807) is 6.07 Å². The van der Waals surface area contributed by atoms with Crippen LogP contribution in [0.25, 0.3) is 11.1 Å². The molecule has 0 aliphatic carbocycles. The highest BCUT2D eigenvalue weighted by Crippen LogP contribution is 2.26. The van der Waals surface area contributed by atoms with Crippen molar-refractivity contribution in [2.45, 2.75) is 0 Å². The molecule has 0 radical (unpaired) electrons. The number of anilines is 1. The number of carbonyl (C=O) groups excluding carboxylic acids is 1. The van der Waals surface area contributed by atoms with Crippen LogP contribution in [-0.4, -0.2) is 6.29 Å². The van der Waals surface area contributed by atoms with Gasteiger partial charge in [-0.3, -0.25) is 4.79 Å². The van der Waals surface area contributed by atoms with Crippen LogP contribution in [0.4, 0.5) is 11.4 Å². The molecule has 16 heavy (non-hydrogen) atoms. The number of quaternary nitrogens is 1. The Morgan fingerprint density at radius 2 is 1.88 bits per heavy atom. The first-order valence-corrected chi connectivity index (χ1v) is 4.98. The average molecular weight is 213 g/mol. The van der Waals surface area contributed by atoms with E-state index in [-0.39, 0.29) is 0 Å². The molecule has 0 fully saturated rings. The molecule has 2 aromatic carbocycles. The molecule has 0 aliphatic heterocycles. The Hall–Kier alpha value is -2.13. The second kappa shape index (κ2) is 4.16. The summed E-state index contributed by atoms with van der Waals surface area (Å²) in [6, 6.07) is 13.0. The van der Waals surface area contributed by atoms with E-state index >= 15 is 0 Å². The standard InChI is InChI=1S/C13H12N2O/c14-12-6-5-9(7-13(12)15)11-4-2-1-3-10(11)8-16/h1-8H,14-15H2/p+1. The van der Waals surface area contributed by atoms with E-state index < -0.39 is 0 Å². The molecular weight excluding hydrogens is 200 g/mol. The molecule has 3 nitrogen and oxygen atoms in total. The van der Waals surface area contributed by atoms with Crippen molar-refractivity contribution in [2.24, 2.45) is 0 Å². The van der Waals surface area contributed by atoms with Crippen LogP contribution in [0.1, 0.15) is 10.4 Å². The zero-order valence-electron chi connectivity index (χ0n) is 8.81. The van der Waals surface area contributed by atoms with Crippen molar-refractivity contribution in [3.05, 3.63) is 48.0 Å². The smallest absolute Gasteiger partial charge is 0.151 e. The van der Waals surface area contributed by atoms with Crippen molar-refractivity contribution in [2.75, 3.05) is 5.73 Å². The van der Waals surface area contributed by atoms with Crippen molar-refractivity contribution >= 4 is 17.7 Å². The molecule has 0 amide bonds. The molecular formula is C13H13N2O+. The monoisotopic (exact) mass is 213 g/mol. The zero-order valence-corrected chi connectivity index (χ0v) is 8.81. The molecule has 0 aromatic heterocycles. The van der Waals surface area contributed by atoms with Crippen molar-refractivity contribution in [3.8, 4) is 11.1 Å². The maximum absolute atomic E-state index is 10.9. The van der Waals surface area contributed by atoms with E-state index in [2.05, 4.69) is 5.73 Å². The van der Waals surface area contributed by atoms with Gasteiger partial charge in [0.2, 0.25) is 0 Å². The van der Waals surface area contributed by atoms with Gasteiger partial charge in [-0.1, -0.05) is 24.3 Å². The van der Waals surface area contributed by atoms with Gasteiger partial charge in [0.05, 0.1) is 5.69 Å². The third kappa shape index (κ3) is 1.81. The SMILES string of the molecule is Nc1cc(-c2ccccc2C=O)ccc1[NH3+]. The maximum atomic E-state index is 10.9. The Kier molecular flexibility index (Phi) is 2.70. The van der Waals surface area contributed by atoms with Gasteiger partial charge in [-0.2, -0.15) is 0 Å². The van der Waals surface area contributed by atoms with E-state index in [1.807, 2.05) is 36.4 Å². The second-order valence-electron chi connectivity index (χ2n) is 3.62. The Morgan fingerprint density at radius 3 is 2.56 bits per heavy atom. The number of nitrogen functional groups attached to an aromatic ring is 1. The number of carbonyl (C=O) groups is 1. The highest BCUT2D eigenvalue weighted by atomic mass is 16.1. The fourth-order valence-electron chi connectivity index (χ4n) is 1.63. The van der Waals surface area contributed by atoms with Gasteiger partial charge in [0.1, 0.15) is 0 Å². The number of hydrogen-bond donors (Lipinski definition) is 2. The highest BCUT2D eigenvalue weighted by molar-refractivity contribution is 5.88. The fraction of sp³-hybridized carbons (Fsp3) is 0. The van der Waals surface area contributed by atoms with Gasteiger partial charge in [-0.05, 0) is 23.3 Å². The lowest BCUT2D eigenvalue weighted by molar-refractivity contribution is -0.253. The minimum atomic E-state index is 0.637. The third-order valence-corrected chi connectivity index (χ3v) is 2.54. The summed E-state index contributed by atoms with van der Waals surface area (Å²) in [6.45, 7) is 0. The summed E-state index contributed by atoms with van der Waals surface area (Å²) in [7, 11) is 0. The predicted octanol–water partition coefficient (Wildman–Crippen LogP) is 1.62. The van der Waals surface area contributed by atoms with Crippen molar-refractivity contribution < 1.29 is 10.5 Å². The number of aldehydes is 1. The maximum Gasteiger partial charge on any atom is 0.151 e. The van der Waals surface area contributed by atoms with Gasteiger partial charge in [-0.15, -0.1) is 0 Å². The minimum absolute atomic E-state index is 0.637. The lowest BCUT2D eigenvalue weighted by Crippen LogP contribution is -2.40. The van der Waals surface area contributed by atoms with Crippen LogP contribution in [0, 0.1) is 0 Å². The Bertz CT molecular complexity index is 535. The second-order valence-corrected chi connectivity index (χ2v) is 3.62. The van der Waals surface area contributed by atoms with Gasteiger partial charge in [-0.25, -0.2) is 0 Å². The average Bonchev–Trinajstić information content (AvgIpc) is 2.32. The molecule has 80 valence electrons. The van der Waals surface area contributed by atoms with E-state index in [0.717, 1.165) is 23.1 Å². The van der Waals surface area contributed by atoms with Crippen molar-refractivity contribution in [1.82, 2.24) is 0 Å². The van der Waals surface area contributed by atoms with Crippen LogP contribution in [0.3, 0.4) is 0 Å². The first-order valence-electron chi connectivity index (χ1n) is 4.98. The fourth-order valence-corrected chi connectivity index (χ4v) is 1.63. The molecule has 0 bridgehead atoms. The van der Waals surface area contributed by atoms with E-state index in [1.165, 1.54) is 0 Å². The normalized spacial score (nSPS) is 10.1. The molecule has 5 N–H and O–H groups in total. The van der Waals surface area contributed by atoms with E-state index in [4.69, 9.17) is 5.73 Å². The summed E-state index contributed by atoms with van der Waals surface area (Å²) in [5, 5.41) is 0. The van der Waals surface area contributed by atoms with Crippen LogP contribution in [0.2, 0.25) is 0 Å². The Labute approximate surface area is 93.7 Å². The Balaban J connectivity index is 2.58. The van der Waals surface area contributed by atoms with E-state index in [9.17, 15) is 4.79 Å². The molecule has 0 heterocycles. The Morgan fingerprint density at radius 1 is 1.12 bits per heavy atom. The van der Waals surface area contributed by atoms with Gasteiger partial charge in [0.15, 0.2) is 12.0 Å². The first-order chi connectivity index (χ1) is 7.72. The molecule has 0 spiro atoms. The third-order valence-electron chi connectivity index (χ3n) is 2.54. The van der Waals surface area contributed by atoms with Crippen LogP contribution in [0.15, 0.2) is 42.5 Å². The van der Waals surface area contributed by atoms with Crippen LogP contribution >= 0.6 is 0 Å². The lowest BCUT2D eigenvalue weighted by Gasteiger charge is -2.05. The van der Waals surface area contributed by atoms with Gasteiger partial charge in [0.25, 0.3) is 0 Å². The van der Waals surface area contributed by atoms with Gasteiger partial charge in [0, 0.05) is 11.6 Å². The molecule has 2 rings (SSSR count). The molecule has 0 atom stereocenters. The number of benzene rings is 2. The topological polar surface area (TPSA) is 70.7 Å². The van der Waals surface area contributed by atoms with Gasteiger partial charge >= 0.3 is 0 Å². The van der Waals surface area contributed by atoms with Crippen LogP contribution in [0.5, 0.6) is 0 Å². The summed E-state index contributed by atoms with van der Waals surface area (Å²) < 4.78 is 0. The summed E-state index contributed by atoms with van der Waals surface area (Å²) in [4.78, 5) is 10.9. The van der Waals surface area contributed by atoms with Crippen LogP contribution in [-0.2, 0) is 0 Å². The van der Waals surface area contributed by atoms with Gasteiger partial charge < -0.3 is 11.5 Å². The molecule has 0 unspecified atom stereocenters. The minimum Gasteiger partial charge on any atom is -0.394 e. The molecule has 0 aliphatic rings. The number of hydrogen-bond acceptors (Lipinski definition) is 2. The molecule has 3 heteroatoms. The largest absolute Gasteiger partial charge is 0.394 e. The quantitative estimate of drug-likeness (QED) is 0.587. The molecule has 2 aromatic rings. The summed E-state index contributed by atoms with van der Waals surface area (Å²) in [5.74, 6) is 0. The first kappa shape index (κ1) is 10.4. The molecule has 0 saturated carbocycles. The van der Waals surface area contributed by atoms with Crippen molar-refractivity contribution in [1.29, 1.82) is 0 Å². The number of nitrogens with two attached hydrogens (primary N) is 1. The van der Waals surface area contributed by atoms with Crippen molar-refractivity contribution in [3.63, 3.8) is 0 Å². The summed E-state index contributed by atoms with van der Waals surface area (Å²) >= 11 is 0.